The lowest BCUT2D eigenvalue weighted by atomic mass is 9.57. The molecule has 1 aliphatic heterocycles. The number of amides is 1. The van der Waals surface area contributed by atoms with Crippen molar-refractivity contribution in [3.05, 3.63) is 83.2 Å². The van der Waals surface area contributed by atoms with E-state index in [-0.39, 0.29) is 35.5 Å². The van der Waals surface area contributed by atoms with Gasteiger partial charge in [0.25, 0.3) is 0 Å². The van der Waals surface area contributed by atoms with E-state index in [0.717, 1.165) is 5.56 Å². The molecule has 2 aromatic rings. The molecule has 0 aromatic heterocycles. The second-order valence-corrected chi connectivity index (χ2v) is 7.77. The van der Waals surface area contributed by atoms with E-state index >= 15 is 0 Å². The lowest BCUT2D eigenvalue weighted by Gasteiger charge is -2.50. The molecule has 1 amide bonds. The summed E-state index contributed by atoms with van der Waals surface area (Å²) in [5.74, 6) is -1.42. The first-order valence-electron chi connectivity index (χ1n) is 9.74. The number of hydrogen-bond acceptors (Lipinski definition) is 3. The number of piperidine rings is 1. The minimum absolute atomic E-state index is 0.0266. The van der Waals surface area contributed by atoms with Crippen LogP contribution in [-0.2, 0) is 21.5 Å². The Morgan fingerprint density at radius 3 is 2.52 bits per heavy atom. The number of rotatable bonds is 3. The van der Waals surface area contributed by atoms with Gasteiger partial charge in [-0.25, -0.2) is 4.39 Å². The summed E-state index contributed by atoms with van der Waals surface area (Å²) in [5, 5.41) is 9.54. The Kier molecular flexibility index (Phi) is 4.79. The SMILES string of the molecule is C[C@H]1C(=O)C(C#N)=C[C@@]2(c3ccccc3)C(=O)N(Cc3ccccc3F)CC[C@H]12. The van der Waals surface area contributed by atoms with Crippen molar-refractivity contribution in [2.24, 2.45) is 11.8 Å². The highest BCUT2D eigenvalue weighted by Gasteiger charge is 2.56. The Bertz CT molecular complexity index is 1040. The van der Waals surface area contributed by atoms with E-state index in [0.29, 0.717) is 18.5 Å². The smallest absolute Gasteiger partial charge is 0.237 e. The number of hydrogen-bond donors (Lipinski definition) is 0. The number of benzene rings is 2. The summed E-state index contributed by atoms with van der Waals surface area (Å²) < 4.78 is 14.2. The number of nitrogens with zero attached hydrogens (tertiary/aromatic N) is 2. The second kappa shape index (κ2) is 7.29. The highest BCUT2D eigenvalue weighted by atomic mass is 19.1. The van der Waals surface area contributed by atoms with Crippen LogP contribution in [0, 0.1) is 29.0 Å². The molecule has 1 saturated heterocycles. The van der Waals surface area contributed by atoms with E-state index in [4.69, 9.17) is 0 Å². The zero-order chi connectivity index (χ0) is 20.6. The van der Waals surface area contributed by atoms with E-state index in [1.165, 1.54) is 6.07 Å². The third kappa shape index (κ3) is 2.96. The number of halogens is 1. The van der Waals surface area contributed by atoms with Crippen molar-refractivity contribution in [2.45, 2.75) is 25.3 Å². The number of likely N-dealkylation sites (tertiary alicyclic amines) is 1. The van der Waals surface area contributed by atoms with Crippen LogP contribution in [0.4, 0.5) is 4.39 Å². The molecular formula is C24H21FN2O2. The highest BCUT2D eigenvalue weighted by molar-refractivity contribution is 6.06. The molecule has 5 heteroatoms. The molecule has 0 N–H and O–H groups in total. The summed E-state index contributed by atoms with van der Waals surface area (Å²) in [6.45, 7) is 2.40. The number of nitriles is 1. The zero-order valence-corrected chi connectivity index (χ0v) is 16.1. The van der Waals surface area contributed by atoms with E-state index in [2.05, 4.69) is 0 Å². The quantitative estimate of drug-likeness (QED) is 0.804. The van der Waals surface area contributed by atoms with Crippen molar-refractivity contribution in [3.63, 3.8) is 0 Å². The van der Waals surface area contributed by atoms with Gasteiger partial charge >= 0.3 is 0 Å². The zero-order valence-electron chi connectivity index (χ0n) is 16.1. The van der Waals surface area contributed by atoms with Crippen LogP contribution in [-0.4, -0.2) is 23.1 Å². The third-order valence-electron chi connectivity index (χ3n) is 6.28. The molecule has 2 aromatic carbocycles. The molecule has 3 atom stereocenters. The summed E-state index contributed by atoms with van der Waals surface area (Å²) >= 11 is 0. The largest absolute Gasteiger partial charge is 0.337 e. The number of allylic oxidation sites excluding steroid dienone is 1. The number of carbonyl (C=O) groups is 2. The average molecular weight is 388 g/mol. The van der Waals surface area contributed by atoms with Crippen molar-refractivity contribution < 1.29 is 14.0 Å². The average Bonchev–Trinajstić information content (AvgIpc) is 2.75. The molecule has 1 fully saturated rings. The number of ketones is 1. The van der Waals surface area contributed by atoms with Crippen molar-refractivity contribution in [3.8, 4) is 6.07 Å². The van der Waals surface area contributed by atoms with Crippen LogP contribution in [0.25, 0.3) is 0 Å². The summed E-state index contributed by atoms with van der Waals surface area (Å²) in [5.41, 5.74) is 0.148. The molecule has 0 radical (unpaired) electrons. The van der Waals surface area contributed by atoms with Crippen molar-refractivity contribution in [1.29, 1.82) is 5.26 Å². The van der Waals surface area contributed by atoms with E-state index in [1.807, 2.05) is 36.4 Å². The summed E-state index contributed by atoms with van der Waals surface area (Å²) in [6.07, 6.45) is 2.17. The predicted molar refractivity (Wildman–Crippen MR) is 106 cm³/mol. The number of carbonyl (C=O) groups excluding carboxylic acids is 2. The topological polar surface area (TPSA) is 61.2 Å². The van der Waals surface area contributed by atoms with Gasteiger partial charge < -0.3 is 4.90 Å². The fourth-order valence-electron chi connectivity index (χ4n) is 4.79. The normalized spacial score (nSPS) is 26.5. The molecular weight excluding hydrogens is 367 g/mol. The van der Waals surface area contributed by atoms with Gasteiger partial charge in [-0.3, -0.25) is 9.59 Å². The maximum absolute atomic E-state index is 14.2. The van der Waals surface area contributed by atoms with Crippen LogP contribution in [0.3, 0.4) is 0 Å². The van der Waals surface area contributed by atoms with Crippen molar-refractivity contribution >= 4 is 11.7 Å². The first-order chi connectivity index (χ1) is 14.0. The van der Waals surface area contributed by atoms with Gasteiger partial charge in [0, 0.05) is 24.6 Å². The summed E-state index contributed by atoms with van der Waals surface area (Å²) in [7, 11) is 0. The molecule has 29 heavy (non-hydrogen) atoms. The number of Topliss-reactive ketones (excluding diaryl/α,β-unsaturated/α-hetero) is 1. The molecule has 4 rings (SSSR count). The number of fused-ring (bicyclic) bond motifs is 1. The van der Waals surface area contributed by atoms with Crippen LogP contribution in [0.5, 0.6) is 0 Å². The van der Waals surface area contributed by atoms with Gasteiger partial charge in [-0.15, -0.1) is 0 Å². The second-order valence-electron chi connectivity index (χ2n) is 7.77. The lowest BCUT2D eigenvalue weighted by Crippen LogP contribution is -2.59. The first kappa shape index (κ1) is 19.1. The van der Waals surface area contributed by atoms with Crippen LogP contribution in [0.2, 0.25) is 0 Å². The van der Waals surface area contributed by atoms with Gasteiger partial charge in [0.05, 0.1) is 11.0 Å². The molecule has 0 bridgehead atoms. The monoisotopic (exact) mass is 388 g/mol. The highest BCUT2D eigenvalue weighted by Crippen LogP contribution is 2.49. The van der Waals surface area contributed by atoms with Gasteiger partial charge in [0.2, 0.25) is 5.91 Å². The Labute approximate surface area is 169 Å². The van der Waals surface area contributed by atoms with E-state index < -0.39 is 11.3 Å². The van der Waals surface area contributed by atoms with Crippen LogP contribution >= 0.6 is 0 Å². The van der Waals surface area contributed by atoms with E-state index in [1.54, 1.807) is 36.1 Å². The van der Waals surface area contributed by atoms with Crippen LogP contribution < -0.4 is 0 Å². The maximum Gasteiger partial charge on any atom is 0.237 e. The van der Waals surface area contributed by atoms with Gasteiger partial charge in [-0.2, -0.15) is 5.26 Å². The Hall–Kier alpha value is -3.26. The molecule has 1 aliphatic carbocycles. The van der Waals surface area contributed by atoms with Crippen molar-refractivity contribution in [2.75, 3.05) is 6.54 Å². The molecule has 0 unspecified atom stereocenters. The maximum atomic E-state index is 14.2. The molecule has 146 valence electrons. The fraction of sp³-hybridized carbons (Fsp3) is 0.292. The Morgan fingerprint density at radius 1 is 1.14 bits per heavy atom. The van der Waals surface area contributed by atoms with Gasteiger partial charge in [0.15, 0.2) is 5.78 Å². The minimum atomic E-state index is -1.09. The molecule has 2 aliphatic rings. The standard InChI is InChI=1S/C24H21FN2O2/c1-16-20-11-12-27(15-17-7-5-6-10-21(17)25)23(29)24(20,13-18(14-26)22(16)28)19-8-3-2-4-9-19/h2-10,13,16,20H,11-12,15H2,1H3/t16-,20-,24+/m1/s1. The molecule has 0 saturated carbocycles. The molecule has 0 spiro atoms. The third-order valence-corrected chi connectivity index (χ3v) is 6.28. The Balaban J connectivity index is 1.84. The van der Waals surface area contributed by atoms with Crippen molar-refractivity contribution in [1.82, 2.24) is 4.90 Å². The predicted octanol–water partition coefficient (Wildman–Crippen LogP) is 3.78. The fourth-order valence-corrected chi connectivity index (χ4v) is 4.79. The van der Waals surface area contributed by atoms with Gasteiger partial charge in [-0.1, -0.05) is 55.5 Å². The van der Waals surface area contributed by atoms with Gasteiger partial charge in [0.1, 0.15) is 11.9 Å². The molecule has 1 heterocycles. The summed E-state index contributed by atoms with van der Waals surface area (Å²) in [4.78, 5) is 28.1. The first-order valence-corrected chi connectivity index (χ1v) is 9.74. The summed E-state index contributed by atoms with van der Waals surface area (Å²) in [6, 6.07) is 17.7. The van der Waals surface area contributed by atoms with E-state index in [9.17, 15) is 19.2 Å². The minimum Gasteiger partial charge on any atom is -0.337 e. The lowest BCUT2D eigenvalue weighted by molar-refractivity contribution is -0.145. The van der Waals surface area contributed by atoms with Crippen LogP contribution in [0.15, 0.2) is 66.2 Å². The molecule has 4 nitrogen and oxygen atoms in total. The van der Waals surface area contributed by atoms with Crippen LogP contribution in [0.1, 0.15) is 24.5 Å². The van der Waals surface area contributed by atoms with Gasteiger partial charge in [-0.05, 0) is 30.0 Å². The Morgan fingerprint density at radius 2 is 1.83 bits per heavy atom.